The fraction of sp³-hybridized carbons (Fsp3) is 0.786. The summed E-state index contributed by atoms with van der Waals surface area (Å²) in [5.74, 6) is 1.76. The number of halogens is 1. The molecular weight excluding hydrogens is 292 g/mol. The topological polar surface area (TPSA) is 94.0 Å². The number of aryl methyl sites for hydroxylation is 1. The first-order valence-corrected chi connectivity index (χ1v) is 7.21. The van der Waals surface area contributed by atoms with E-state index in [9.17, 15) is 4.79 Å². The highest BCUT2D eigenvalue weighted by Gasteiger charge is 2.28. The molecule has 1 unspecified atom stereocenters. The normalized spacial score (nSPS) is 16.2. The molecular formula is C14H25ClN4O2. The lowest BCUT2D eigenvalue weighted by Gasteiger charge is -2.11. The van der Waals surface area contributed by atoms with E-state index >= 15 is 0 Å². The van der Waals surface area contributed by atoms with Crippen molar-refractivity contribution in [3.63, 3.8) is 0 Å². The number of nitrogens with zero attached hydrogens (tertiary/aromatic N) is 2. The lowest BCUT2D eigenvalue weighted by atomic mass is 9.96. The van der Waals surface area contributed by atoms with Crippen molar-refractivity contribution < 1.29 is 9.32 Å². The molecule has 1 amide bonds. The van der Waals surface area contributed by atoms with Gasteiger partial charge in [-0.1, -0.05) is 25.9 Å². The van der Waals surface area contributed by atoms with E-state index in [1.165, 1.54) is 12.8 Å². The molecule has 6 nitrogen and oxygen atoms in total. The summed E-state index contributed by atoms with van der Waals surface area (Å²) in [6, 6.07) is 0.0925. The zero-order valence-corrected chi connectivity index (χ0v) is 13.7. The SMILES string of the molecule is CC(C)(C)c1noc(CCC(=O)NCC(N)C2CC2)n1.Cl. The van der Waals surface area contributed by atoms with Crippen LogP contribution in [0, 0.1) is 5.92 Å². The zero-order valence-electron chi connectivity index (χ0n) is 12.9. The highest BCUT2D eigenvalue weighted by Crippen LogP contribution is 2.31. The molecule has 0 spiro atoms. The van der Waals surface area contributed by atoms with Crippen LogP contribution in [0.5, 0.6) is 0 Å². The van der Waals surface area contributed by atoms with E-state index in [1.54, 1.807) is 0 Å². The minimum atomic E-state index is -0.138. The van der Waals surface area contributed by atoms with E-state index in [-0.39, 0.29) is 29.8 Å². The summed E-state index contributed by atoms with van der Waals surface area (Å²) in [7, 11) is 0. The maximum atomic E-state index is 11.7. The van der Waals surface area contributed by atoms with Crippen molar-refractivity contribution in [3.05, 3.63) is 11.7 Å². The lowest BCUT2D eigenvalue weighted by Crippen LogP contribution is -2.38. The lowest BCUT2D eigenvalue weighted by molar-refractivity contribution is -0.121. The number of carbonyl (C=O) groups excluding carboxylic acids is 1. The predicted octanol–water partition coefficient (Wildman–Crippen LogP) is 1.57. The Kier molecular flexibility index (Phi) is 6.16. The predicted molar refractivity (Wildman–Crippen MR) is 82.3 cm³/mol. The second kappa shape index (κ2) is 7.22. The maximum Gasteiger partial charge on any atom is 0.227 e. The number of rotatable bonds is 6. The van der Waals surface area contributed by atoms with Crippen molar-refractivity contribution in [1.29, 1.82) is 0 Å². The van der Waals surface area contributed by atoms with Gasteiger partial charge in [-0.05, 0) is 18.8 Å². The highest BCUT2D eigenvalue weighted by molar-refractivity contribution is 5.85. The number of nitrogens with one attached hydrogen (secondary N) is 1. The van der Waals surface area contributed by atoms with Crippen LogP contribution in [0.25, 0.3) is 0 Å². The van der Waals surface area contributed by atoms with Crippen LogP contribution in [-0.2, 0) is 16.6 Å². The van der Waals surface area contributed by atoms with Gasteiger partial charge in [-0.2, -0.15) is 4.98 Å². The van der Waals surface area contributed by atoms with Crippen LogP contribution in [0.2, 0.25) is 0 Å². The summed E-state index contributed by atoms with van der Waals surface area (Å²) in [5, 5.41) is 6.79. The third-order valence-electron chi connectivity index (χ3n) is 3.47. The summed E-state index contributed by atoms with van der Waals surface area (Å²) in [4.78, 5) is 16.0. The first kappa shape index (κ1) is 17.9. The van der Waals surface area contributed by atoms with Crippen LogP contribution in [-0.4, -0.2) is 28.6 Å². The molecule has 0 radical (unpaired) electrons. The smallest absolute Gasteiger partial charge is 0.227 e. The van der Waals surface area contributed by atoms with E-state index in [2.05, 4.69) is 15.5 Å². The van der Waals surface area contributed by atoms with E-state index in [4.69, 9.17) is 10.3 Å². The van der Waals surface area contributed by atoms with E-state index in [1.807, 2.05) is 20.8 Å². The number of nitrogens with two attached hydrogens (primary N) is 1. The Hall–Kier alpha value is -1.14. The van der Waals surface area contributed by atoms with Gasteiger partial charge in [0.1, 0.15) is 0 Å². The van der Waals surface area contributed by atoms with Crippen molar-refractivity contribution in [2.24, 2.45) is 11.7 Å². The van der Waals surface area contributed by atoms with E-state index < -0.39 is 0 Å². The number of hydrogen-bond donors (Lipinski definition) is 2. The number of carbonyl (C=O) groups is 1. The van der Waals surface area contributed by atoms with Crippen LogP contribution in [0.4, 0.5) is 0 Å². The highest BCUT2D eigenvalue weighted by atomic mass is 35.5. The molecule has 21 heavy (non-hydrogen) atoms. The Balaban J connectivity index is 0.00000220. The molecule has 0 bridgehead atoms. The second-order valence-corrected chi connectivity index (χ2v) is 6.57. The first-order chi connectivity index (χ1) is 9.36. The minimum Gasteiger partial charge on any atom is -0.355 e. The minimum absolute atomic E-state index is 0. The van der Waals surface area contributed by atoms with Crippen LogP contribution in [0.15, 0.2) is 4.52 Å². The molecule has 2 rings (SSSR count). The summed E-state index contributed by atoms with van der Waals surface area (Å²) < 4.78 is 5.15. The van der Waals surface area contributed by atoms with Gasteiger partial charge in [-0.15, -0.1) is 12.4 Å². The molecule has 120 valence electrons. The standard InChI is InChI=1S/C14H24N4O2.ClH/c1-14(2,3)13-17-12(20-18-13)7-6-11(19)16-8-10(15)9-4-5-9;/h9-10H,4-8,15H2,1-3H3,(H,16,19);1H. The first-order valence-electron chi connectivity index (χ1n) is 7.21. The molecule has 1 aromatic heterocycles. The number of hydrogen-bond acceptors (Lipinski definition) is 5. The molecule has 1 saturated carbocycles. The quantitative estimate of drug-likeness (QED) is 0.831. The maximum absolute atomic E-state index is 11.7. The van der Waals surface area contributed by atoms with Gasteiger partial charge in [0.15, 0.2) is 5.82 Å². The average molecular weight is 317 g/mol. The van der Waals surface area contributed by atoms with Gasteiger partial charge in [-0.3, -0.25) is 4.79 Å². The Morgan fingerprint density at radius 1 is 1.48 bits per heavy atom. The Labute approximate surface area is 131 Å². The fourth-order valence-corrected chi connectivity index (χ4v) is 1.89. The van der Waals surface area contributed by atoms with Gasteiger partial charge in [0.25, 0.3) is 0 Å². The van der Waals surface area contributed by atoms with Gasteiger partial charge in [0.2, 0.25) is 11.8 Å². The Bertz CT molecular complexity index is 466. The molecule has 7 heteroatoms. The van der Waals surface area contributed by atoms with Crippen LogP contribution < -0.4 is 11.1 Å². The molecule has 1 fully saturated rings. The van der Waals surface area contributed by atoms with Gasteiger partial charge in [-0.25, -0.2) is 0 Å². The molecule has 0 aliphatic heterocycles. The molecule has 0 aromatic carbocycles. The molecule has 1 aliphatic rings. The van der Waals surface area contributed by atoms with Crippen molar-refractivity contribution in [3.8, 4) is 0 Å². The molecule has 1 atom stereocenters. The van der Waals surface area contributed by atoms with Gasteiger partial charge in [0, 0.05) is 30.8 Å². The molecule has 0 saturated heterocycles. The molecule has 1 aliphatic carbocycles. The summed E-state index contributed by atoms with van der Waals surface area (Å²) in [6.45, 7) is 6.62. The Morgan fingerprint density at radius 2 is 2.14 bits per heavy atom. The van der Waals surface area contributed by atoms with Crippen LogP contribution in [0.3, 0.4) is 0 Å². The molecule has 3 N–H and O–H groups in total. The van der Waals surface area contributed by atoms with Gasteiger partial charge < -0.3 is 15.6 Å². The van der Waals surface area contributed by atoms with E-state index in [0.29, 0.717) is 37.0 Å². The summed E-state index contributed by atoms with van der Waals surface area (Å²) in [5.41, 5.74) is 5.79. The molecule has 1 heterocycles. The Morgan fingerprint density at radius 3 is 2.67 bits per heavy atom. The average Bonchev–Trinajstić information content (AvgIpc) is 3.10. The summed E-state index contributed by atoms with van der Waals surface area (Å²) >= 11 is 0. The summed E-state index contributed by atoms with van der Waals surface area (Å²) in [6.07, 6.45) is 3.19. The van der Waals surface area contributed by atoms with Gasteiger partial charge >= 0.3 is 0 Å². The van der Waals surface area contributed by atoms with Crippen molar-refractivity contribution >= 4 is 18.3 Å². The third-order valence-corrected chi connectivity index (χ3v) is 3.47. The van der Waals surface area contributed by atoms with Gasteiger partial charge in [0.05, 0.1) is 0 Å². The number of aromatic nitrogens is 2. The van der Waals surface area contributed by atoms with Crippen LogP contribution >= 0.6 is 12.4 Å². The van der Waals surface area contributed by atoms with Crippen molar-refractivity contribution in [2.75, 3.05) is 6.54 Å². The van der Waals surface area contributed by atoms with Crippen molar-refractivity contribution in [2.45, 2.75) is 57.9 Å². The largest absolute Gasteiger partial charge is 0.355 e. The van der Waals surface area contributed by atoms with E-state index in [0.717, 1.165) is 0 Å². The fourth-order valence-electron chi connectivity index (χ4n) is 1.89. The third kappa shape index (κ3) is 5.63. The second-order valence-electron chi connectivity index (χ2n) is 6.57. The number of amides is 1. The van der Waals surface area contributed by atoms with Crippen LogP contribution in [0.1, 0.15) is 51.7 Å². The molecule has 1 aromatic rings. The monoisotopic (exact) mass is 316 g/mol. The van der Waals surface area contributed by atoms with Crippen molar-refractivity contribution in [1.82, 2.24) is 15.5 Å². The zero-order chi connectivity index (χ0) is 14.8.